The van der Waals surface area contributed by atoms with Crippen molar-refractivity contribution in [2.24, 2.45) is 5.84 Å². The largest absolute Gasteiger partial charge is 0.447 e. The van der Waals surface area contributed by atoms with Gasteiger partial charge in [0, 0.05) is 6.20 Å². The number of nitrogens with zero attached hydrogens (tertiary/aromatic N) is 2. The number of thioether (sulfide) groups is 1. The number of carbonyl (C=O) groups excluding carboxylic acids is 3. The molecule has 1 aromatic heterocycles. The first-order chi connectivity index (χ1) is 11.5. The van der Waals surface area contributed by atoms with Crippen molar-refractivity contribution in [3.05, 3.63) is 35.7 Å². The van der Waals surface area contributed by atoms with Crippen LogP contribution in [0.15, 0.2) is 30.0 Å². The molecule has 24 heavy (non-hydrogen) atoms. The van der Waals surface area contributed by atoms with E-state index in [0.29, 0.717) is 17.6 Å². The first-order valence-corrected chi connectivity index (χ1v) is 8.10. The minimum absolute atomic E-state index is 0.0404. The molecule has 0 saturated carbocycles. The second-order valence-corrected chi connectivity index (χ2v) is 7.27. The Labute approximate surface area is 142 Å². The van der Waals surface area contributed by atoms with Gasteiger partial charge < -0.3 is 14.4 Å². The van der Waals surface area contributed by atoms with Crippen molar-refractivity contribution in [1.29, 1.82) is 0 Å². The van der Waals surface area contributed by atoms with Crippen LogP contribution in [0.2, 0.25) is 0 Å². The molecule has 0 radical (unpaired) electrons. The number of β-lactam (4-membered cyclic amide) rings is 1. The summed E-state index contributed by atoms with van der Waals surface area (Å²) >= 11 is 1.41. The molecule has 2 fully saturated rings. The van der Waals surface area contributed by atoms with Crippen molar-refractivity contribution in [2.45, 2.75) is 23.1 Å². The molecule has 8 nitrogen and oxygen atoms in total. The Morgan fingerprint density at radius 3 is 3.00 bits per heavy atom. The Kier molecular flexibility index (Phi) is 4.29. The van der Waals surface area contributed by atoms with Crippen LogP contribution in [0.3, 0.4) is 0 Å². The number of nitrogens with one attached hydrogen (secondary N) is 1. The number of hydrogen-bond donors (Lipinski definition) is 2. The number of fused-ring (bicyclic) bond motifs is 1. The molecule has 3 atom stereocenters. The molecule has 9 heteroatoms. The highest BCUT2D eigenvalue weighted by Gasteiger charge is 2.60. The molecule has 3 rings (SSSR count). The molecule has 3 N–H and O–H groups in total. The second kappa shape index (κ2) is 6.25. The van der Waals surface area contributed by atoms with Gasteiger partial charge in [-0.15, -0.1) is 11.8 Å². The average Bonchev–Trinajstić information content (AvgIpc) is 2.88. The van der Waals surface area contributed by atoms with E-state index in [1.54, 1.807) is 31.3 Å². The normalized spacial score (nSPS) is 29.8. The molecule has 2 saturated heterocycles. The SMILES string of the molecule is CC1(COC(=O)NN)SC2/C(=C\c3ccccn3)C(=O)N2[C@H]1C=O. The van der Waals surface area contributed by atoms with Crippen LogP contribution in [0.5, 0.6) is 0 Å². The van der Waals surface area contributed by atoms with E-state index in [-0.39, 0.29) is 17.9 Å². The monoisotopic (exact) mass is 348 g/mol. The second-order valence-electron chi connectivity index (χ2n) is 5.65. The smallest absolute Gasteiger partial charge is 0.421 e. The lowest BCUT2D eigenvalue weighted by Gasteiger charge is -2.38. The van der Waals surface area contributed by atoms with Crippen LogP contribution in [0.1, 0.15) is 12.6 Å². The average molecular weight is 348 g/mol. The minimum Gasteiger partial charge on any atom is -0.447 e. The Hall–Kier alpha value is -2.39. The molecule has 2 amide bonds. The van der Waals surface area contributed by atoms with Crippen LogP contribution in [0, 0.1) is 0 Å². The van der Waals surface area contributed by atoms with Crippen LogP contribution >= 0.6 is 11.8 Å². The van der Waals surface area contributed by atoms with Gasteiger partial charge in [-0.2, -0.15) is 0 Å². The van der Waals surface area contributed by atoms with Gasteiger partial charge in [0.05, 0.1) is 16.0 Å². The van der Waals surface area contributed by atoms with Crippen molar-refractivity contribution < 1.29 is 19.1 Å². The van der Waals surface area contributed by atoms with Crippen LogP contribution < -0.4 is 11.3 Å². The third-order valence-corrected chi connectivity index (χ3v) is 5.64. The number of pyridine rings is 1. The number of ether oxygens (including phenoxy) is 1. The highest BCUT2D eigenvalue weighted by Crippen LogP contribution is 2.53. The number of hydrazine groups is 1. The summed E-state index contributed by atoms with van der Waals surface area (Å²) in [7, 11) is 0. The van der Waals surface area contributed by atoms with Crippen molar-refractivity contribution in [3.8, 4) is 0 Å². The van der Waals surface area contributed by atoms with Gasteiger partial charge in [-0.05, 0) is 25.1 Å². The number of nitrogens with two attached hydrogens (primary N) is 1. The number of aromatic nitrogens is 1. The number of carbonyl (C=O) groups is 3. The maximum absolute atomic E-state index is 12.4. The summed E-state index contributed by atoms with van der Waals surface area (Å²) in [5, 5.41) is -0.260. The highest BCUT2D eigenvalue weighted by atomic mass is 32.2. The van der Waals surface area contributed by atoms with E-state index in [2.05, 4.69) is 4.98 Å². The highest BCUT2D eigenvalue weighted by molar-refractivity contribution is 8.02. The lowest BCUT2D eigenvalue weighted by molar-refractivity contribution is -0.139. The third kappa shape index (κ3) is 2.65. The van der Waals surface area contributed by atoms with Crippen LogP contribution in [0.25, 0.3) is 6.08 Å². The topological polar surface area (TPSA) is 115 Å². The van der Waals surface area contributed by atoms with E-state index in [9.17, 15) is 14.4 Å². The molecule has 1 aromatic rings. The Morgan fingerprint density at radius 1 is 1.58 bits per heavy atom. The lowest BCUT2D eigenvalue weighted by atomic mass is 9.95. The maximum Gasteiger partial charge on any atom is 0.421 e. The molecule has 0 spiro atoms. The fourth-order valence-electron chi connectivity index (χ4n) is 2.79. The summed E-state index contributed by atoms with van der Waals surface area (Å²) in [5.41, 5.74) is 3.13. The summed E-state index contributed by atoms with van der Waals surface area (Å²) in [6.07, 6.45) is 3.29. The van der Waals surface area contributed by atoms with Crippen LogP contribution in [-0.4, -0.2) is 50.9 Å². The summed E-state index contributed by atoms with van der Waals surface area (Å²) in [5.74, 6) is 4.78. The van der Waals surface area contributed by atoms with Gasteiger partial charge in [0.1, 0.15) is 24.3 Å². The molecular formula is C15H16N4O4S. The molecule has 0 aromatic carbocycles. The summed E-state index contributed by atoms with van der Waals surface area (Å²) < 4.78 is 4.26. The molecule has 126 valence electrons. The van der Waals surface area contributed by atoms with Crippen molar-refractivity contribution in [2.75, 3.05) is 6.61 Å². The third-order valence-electron chi connectivity index (χ3n) is 4.03. The quantitative estimate of drug-likeness (QED) is 0.201. The van der Waals surface area contributed by atoms with E-state index in [1.165, 1.54) is 16.7 Å². The summed E-state index contributed by atoms with van der Waals surface area (Å²) in [6.45, 7) is 1.74. The van der Waals surface area contributed by atoms with Gasteiger partial charge in [-0.3, -0.25) is 15.2 Å². The number of aldehydes is 1. The van der Waals surface area contributed by atoms with E-state index in [4.69, 9.17) is 10.6 Å². The zero-order valence-corrected chi connectivity index (χ0v) is 13.7. The first kappa shape index (κ1) is 16.5. The van der Waals surface area contributed by atoms with E-state index in [0.717, 1.165) is 0 Å². The lowest BCUT2D eigenvalue weighted by Crippen LogP contribution is -2.57. The van der Waals surface area contributed by atoms with Gasteiger partial charge in [0.25, 0.3) is 5.91 Å². The van der Waals surface area contributed by atoms with E-state index < -0.39 is 16.9 Å². The van der Waals surface area contributed by atoms with Crippen molar-refractivity contribution >= 4 is 36.1 Å². The van der Waals surface area contributed by atoms with Gasteiger partial charge in [-0.1, -0.05) is 6.07 Å². The zero-order valence-electron chi connectivity index (χ0n) is 12.8. The Morgan fingerprint density at radius 2 is 2.38 bits per heavy atom. The van der Waals surface area contributed by atoms with E-state index >= 15 is 0 Å². The summed E-state index contributed by atoms with van der Waals surface area (Å²) in [6, 6.07) is 4.75. The van der Waals surface area contributed by atoms with Crippen molar-refractivity contribution in [3.63, 3.8) is 0 Å². The number of rotatable bonds is 4. The Bertz CT molecular complexity index is 711. The molecular weight excluding hydrogens is 332 g/mol. The van der Waals surface area contributed by atoms with Gasteiger partial charge in [-0.25, -0.2) is 10.6 Å². The predicted molar refractivity (Wildman–Crippen MR) is 87.4 cm³/mol. The van der Waals surface area contributed by atoms with E-state index in [1.807, 2.05) is 11.5 Å². The number of amides is 2. The summed E-state index contributed by atoms with van der Waals surface area (Å²) in [4.78, 5) is 40.8. The molecule has 3 heterocycles. The molecule has 0 bridgehead atoms. The fraction of sp³-hybridized carbons (Fsp3) is 0.333. The minimum atomic E-state index is -0.786. The molecule has 0 aliphatic carbocycles. The van der Waals surface area contributed by atoms with Gasteiger partial charge in [0.15, 0.2) is 0 Å². The predicted octanol–water partition coefficient (Wildman–Crippen LogP) is 0.306. The van der Waals surface area contributed by atoms with Crippen LogP contribution in [0.4, 0.5) is 4.79 Å². The zero-order chi connectivity index (χ0) is 17.3. The fourth-order valence-corrected chi connectivity index (χ4v) is 4.37. The standard InChI is InChI=1S/C15H16N4O4S/c1-15(8-23-14(22)18-16)11(7-20)19-12(21)10(13(19)24-15)6-9-4-2-3-5-17-9/h2-7,11,13H,8,16H2,1H3,(H,18,22)/b10-6-/t11-,13?,15?/m0/s1. The molecule has 2 aliphatic heterocycles. The first-order valence-electron chi connectivity index (χ1n) is 7.22. The van der Waals surface area contributed by atoms with Crippen LogP contribution in [-0.2, 0) is 14.3 Å². The molecule has 2 aliphatic rings. The Balaban J connectivity index is 1.81. The maximum atomic E-state index is 12.4. The number of hydrogen-bond acceptors (Lipinski definition) is 7. The van der Waals surface area contributed by atoms with Gasteiger partial charge >= 0.3 is 6.09 Å². The van der Waals surface area contributed by atoms with Crippen molar-refractivity contribution in [1.82, 2.24) is 15.3 Å². The molecule has 2 unspecified atom stereocenters. The van der Waals surface area contributed by atoms with Gasteiger partial charge in [0.2, 0.25) is 0 Å².